The fraction of sp³-hybridized carbons (Fsp3) is 0.167. The van der Waals surface area contributed by atoms with E-state index >= 15 is 0 Å². The van der Waals surface area contributed by atoms with E-state index in [0.29, 0.717) is 0 Å². The van der Waals surface area contributed by atoms with Gasteiger partial charge in [-0.3, -0.25) is 10.8 Å². The number of hydrogen-bond donors (Lipinski definition) is 2. The SMILES string of the molecule is Cc1ccsc1C(NN)c1cnn2ccncc12. The van der Waals surface area contributed by atoms with Crippen LogP contribution in [-0.4, -0.2) is 14.6 Å². The zero-order valence-electron chi connectivity index (χ0n) is 9.87. The van der Waals surface area contributed by atoms with E-state index in [9.17, 15) is 0 Å². The molecule has 3 N–H and O–H groups in total. The second-order valence-electron chi connectivity index (χ2n) is 4.07. The first-order valence-corrected chi connectivity index (χ1v) is 6.46. The van der Waals surface area contributed by atoms with Crippen molar-refractivity contribution in [1.29, 1.82) is 0 Å². The summed E-state index contributed by atoms with van der Waals surface area (Å²) in [6.45, 7) is 2.08. The van der Waals surface area contributed by atoms with E-state index in [2.05, 4.69) is 33.9 Å². The Hall–Kier alpha value is -1.76. The average molecular weight is 259 g/mol. The van der Waals surface area contributed by atoms with Crippen LogP contribution in [-0.2, 0) is 0 Å². The van der Waals surface area contributed by atoms with Crippen LogP contribution in [0.25, 0.3) is 5.52 Å². The van der Waals surface area contributed by atoms with Crippen molar-refractivity contribution in [2.24, 2.45) is 5.84 Å². The summed E-state index contributed by atoms with van der Waals surface area (Å²) in [6.07, 6.45) is 7.18. The molecule has 0 aliphatic heterocycles. The Morgan fingerprint density at radius 1 is 1.44 bits per heavy atom. The fourth-order valence-electron chi connectivity index (χ4n) is 2.06. The van der Waals surface area contributed by atoms with Gasteiger partial charge < -0.3 is 0 Å². The van der Waals surface area contributed by atoms with Crippen molar-refractivity contribution in [3.05, 3.63) is 52.2 Å². The highest BCUT2D eigenvalue weighted by Crippen LogP contribution is 2.30. The molecule has 92 valence electrons. The molecular formula is C12H13N5S. The molecule has 0 fully saturated rings. The summed E-state index contributed by atoms with van der Waals surface area (Å²) in [5.74, 6) is 5.71. The highest BCUT2D eigenvalue weighted by atomic mass is 32.1. The van der Waals surface area contributed by atoms with Crippen molar-refractivity contribution in [3.63, 3.8) is 0 Å². The molecule has 3 aromatic rings. The van der Waals surface area contributed by atoms with Crippen LogP contribution < -0.4 is 11.3 Å². The average Bonchev–Trinajstić information content (AvgIpc) is 2.99. The molecule has 1 unspecified atom stereocenters. The van der Waals surface area contributed by atoms with Gasteiger partial charge in [-0.25, -0.2) is 9.94 Å². The van der Waals surface area contributed by atoms with Gasteiger partial charge in [0.05, 0.1) is 24.0 Å². The topological polar surface area (TPSA) is 68.2 Å². The first-order valence-electron chi connectivity index (χ1n) is 5.58. The number of hydrogen-bond acceptors (Lipinski definition) is 5. The Labute approximate surface area is 108 Å². The third-order valence-electron chi connectivity index (χ3n) is 3.00. The van der Waals surface area contributed by atoms with E-state index in [1.54, 1.807) is 28.2 Å². The molecular weight excluding hydrogens is 246 g/mol. The second-order valence-corrected chi connectivity index (χ2v) is 5.02. The predicted molar refractivity (Wildman–Crippen MR) is 71.2 cm³/mol. The number of nitrogens with zero attached hydrogens (tertiary/aromatic N) is 3. The third kappa shape index (κ3) is 1.71. The number of nitrogens with one attached hydrogen (secondary N) is 1. The van der Waals surface area contributed by atoms with Gasteiger partial charge >= 0.3 is 0 Å². The van der Waals surface area contributed by atoms with Gasteiger partial charge in [-0.05, 0) is 23.9 Å². The van der Waals surface area contributed by atoms with E-state index in [0.717, 1.165) is 11.1 Å². The fourth-order valence-corrected chi connectivity index (χ4v) is 3.07. The molecule has 0 saturated carbocycles. The number of rotatable bonds is 3. The van der Waals surface area contributed by atoms with Gasteiger partial charge in [-0.1, -0.05) is 0 Å². The van der Waals surface area contributed by atoms with Crippen LogP contribution in [0.1, 0.15) is 22.0 Å². The van der Waals surface area contributed by atoms with Crippen LogP contribution in [0.4, 0.5) is 0 Å². The van der Waals surface area contributed by atoms with Gasteiger partial charge in [-0.2, -0.15) is 5.10 Å². The van der Waals surface area contributed by atoms with E-state index in [1.165, 1.54) is 10.4 Å². The molecule has 1 atom stereocenters. The maximum absolute atomic E-state index is 5.71. The lowest BCUT2D eigenvalue weighted by molar-refractivity contribution is 0.647. The number of thiophene rings is 1. The van der Waals surface area contributed by atoms with Gasteiger partial charge in [0.15, 0.2) is 0 Å². The molecule has 18 heavy (non-hydrogen) atoms. The van der Waals surface area contributed by atoms with E-state index in [4.69, 9.17) is 5.84 Å². The van der Waals surface area contributed by atoms with Gasteiger partial charge in [0, 0.05) is 22.8 Å². The first kappa shape index (κ1) is 11.3. The van der Waals surface area contributed by atoms with Crippen LogP contribution in [0.3, 0.4) is 0 Å². The monoisotopic (exact) mass is 259 g/mol. The minimum absolute atomic E-state index is 0.0494. The zero-order valence-corrected chi connectivity index (χ0v) is 10.7. The standard InChI is InChI=1S/C12H13N5S/c1-8-2-5-18-12(8)11(16-13)9-6-15-17-4-3-14-7-10(9)17/h2-7,11,16H,13H2,1H3. The van der Waals surface area contributed by atoms with Gasteiger partial charge in [-0.15, -0.1) is 11.3 Å². The maximum atomic E-state index is 5.71. The van der Waals surface area contributed by atoms with E-state index < -0.39 is 0 Å². The van der Waals surface area contributed by atoms with Crippen LogP contribution >= 0.6 is 11.3 Å². The van der Waals surface area contributed by atoms with Crippen molar-refractivity contribution in [2.75, 3.05) is 0 Å². The van der Waals surface area contributed by atoms with Gasteiger partial charge in [0.25, 0.3) is 0 Å². The highest BCUT2D eigenvalue weighted by Gasteiger charge is 2.19. The summed E-state index contributed by atoms with van der Waals surface area (Å²) in [7, 11) is 0. The quantitative estimate of drug-likeness (QED) is 0.554. The van der Waals surface area contributed by atoms with Crippen LogP contribution in [0.15, 0.2) is 36.2 Å². The minimum Gasteiger partial charge on any atom is -0.271 e. The third-order valence-corrected chi connectivity index (χ3v) is 4.08. The lowest BCUT2D eigenvalue weighted by Gasteiger charge is -2.14. The number of hydrazine groups is 1. The predicted octanol–water partition coefficient (Wildman–Crippen LogP) is 1.65. The van der Waals surface area contributed by atoms with Gasteiger partial charge in [0.1, 0.15) is 0 Å². The summed E-state index contributed by atoms with van der Waals surface area (Å²) < 4.78 is 1.80. The summed E-state index contributed by atoms with van der Waals surface area (Å²) in [5.41, 5.74) is 6.10. The summed E-state index contributed by atoms with van der Waals surface area (Å²) in [6, 6.07) is 2.04. The number of nitrogens with two attached hydrogens (primary N) is 1. The van der Waals surface area contributed by atoms with Gasteiger partial charge in [0.2, 0.25) is 0 Å². The molecule has 3 aromatic heterocycles. The number of fused-ring (bicyclic) bond motifs is 1. The Balaban J connectivity index is 2.15. The smallest absolute Gasteiger partial charge is 0.0896 e. The molecule has 0 aromatic carbocycles. The molecule has 0 aliphatic carbocycles. The summed E-state index contributed by atoms with van der Waals surface area (Å²) in [4.78, 5) is 5.35. The zero-order chi connectivity index (χ0) is 12.5. The Morgan fingerprint density at radius 2 is 2.33 bits per heavy atom. The van der Waals surface area contributed by atoms with Crippen molar-refractivity contribution in [1.82, 2.24) is 20.0 Å². The summed E-state index contributed by atoms with van der Waals surface area (Å²) in [5, 5.41) is 6.38. The molecule has 5 nitrogen and oxygen atoms in total. The Morgan fingerprint density at radius 3 is 3.06 bits per heavy atom. The van der Waals surface area contributed by atoms with Crippen LogP contribution in [0.2, 0.25) is 0 Å². The van der Waals surface area contributed by atoms with Crippen molar-refractivity contribution in [3.8, 4) is 0 Å². The lowest BCUT2D eigenvalue weighted by Crippen LogP contribution is -2.28. The van der Waals surface area contributed by atoms with Crippen molar-refractivity contribution < 1.29 is 0 Å². The molecule has 0 amide bonds. The molecule has 0 saturated heterocycles. The number of aryl methyl sites for hydroxylation is 1. The normalized spacial score (nSPS) is 13.0. The molecule has 0 aliphatic rings. The number of aromatic nitrogens is 3. The maximum Gasteiger partial charge on any atom is 0.0896 e. The highest BCUT2D eigenvalue weighted by molar-refractivity contribution is 7.10. The second kappa shape index (κ2) is 4.49. The molecule has 3 rings (SSSR count). The Kier molecular flexibility index (Phi) is 2.83. The molecule has 0 radical (unpaired) electrons. The lowest BCUT2D eigenvalue weighted by atomic mass is 10.1. The van der Waals surface area contributed by atoms with E-state index in [-0.39, 0.29) is 6.04 Å². The molecule has 0 spiro atoms. The van der Waals surface area contributed by atoms with Crippen LogP contribution in [0, 0.1) is 6.92 Å². The minimum atomic E-state index is -0.0494. The van der Waals surface area contributed by atoms with Crippen molar-refractivity contribution in [2.45, 2.75) is 13.0 Å². The largest absolute Gasteiger partial charge is 0.271 e. The van der Waals surface area contributed by atoms with Crippen LogP contribution in [0.5, 0.6) is 0 Å². The van der Waals surface area contributed by atoms with Crippen molar-refractivity contribution >= 4 is 16.9 Å². The molecule has 6 heteroatoms. The summed E-state index contributed by atoms with van der Waals surface area (Å²) >= 11 is 1.69. The Bertz CT molecular complexity index is 672. The first-order chi connectivity index (χ1) is 8.81. The van der Waals surface area contributed by atoms with E-state index in [1.807, 2.05) is 12.4 Å². The molecule has 0 bridgehead atoms. The molecule has 3 heterocycles.